The van der Waals surface area contributed by atoms with Crippen molar-refractivity contribution in [1.82, 2.24) is 0 Å². The molecule has 6 atom stereocenters. The van der Waals surface area contributed by atoms with Gasteiger partial charge in [-0.1, -0.05) is 26.0 Å². The summed E-state index contributed by atoms with van der Waals surface area (Å²) in [6.45, 7) is 1.16. The van der Waals surface area contributed by atoms with Crippen LogP contribution in [0.5, 0.6) is 0 Å². The summed E-state index contributed by atoms with van der Waals surface area (Å²) in [7, 11) is 0. The first-order valence-corrected chi connectivity index (χ1v) is 8.67. The van der Waals surface area contributed by atoms with Gasteiger partial charge in [-0.25, -0.2) is 0 Å². The Morgan fingerprint density at radius 1 is 1.30 bits per heavy atom. The van der Waals surface area contributed by atoms with E-state index in [0.717, 1.165) is 5.57 Å². The number of hydrogen-bond acceptors (Lipinski definition) is 2. The molecule has 124 valence electrons. The van der Waals surface area contributed by atoms with Gasteiger partial charge in [-0.2, -0.15) is 0 Å². The van der Waals surface area contributed by atoms with E-state index in [1.54, 1.807) is 0 Å². The molecule has 0 aromatic heterocycles. The van der Waals surface area contributed by atoms with Crippen molar-refractivity contribution in [2.75, 3.05) is 0 Å². The predicted octanol–water partition coefficient (Wildman–Crippen LogP) is 4.50. The average molecular weight is 318 g/mol. The zero-order valence-corrected chi connectivity index (χ0v) is 13.8. The molecule has 0 unspecified atom stereocenters. The second-order valence-corrected chi connectivity index (χ2v) is 8.19. The summed E-state index contributed by atoms with van der Waals surface area (Å²) >= 11 is 0. The maximum atomic E-state index is 12.8. The normalized spacial score (nSPS) is 58.1. The third-order valence-corrected chi connectivity index (χ3v) is 7.28. The van der Waals surface area contributed by atoms with Crippen LogP contribution in [0.3, 0.4) is 0 Å². The highest BCUT2D eigenvalue weighted by Crippen LogP contribution is 2.65. The van der Waals surface area contributed by atoms with Crippen molar-refractivity contribution in [1.29, 1.82) is 0 Å². The van der Waals surface area contributed by atoms with Gasteiger partial charge in [0.1, 0.15) is 5.78 Å². The lowest BCUT2D eigenvalue weighted by Gasteiger charge is -2.55. The molecule has 23 heavy (non-hydrogen) atoms. The Labute approximate surface area is 147 Å². The quantitative estimate of drug-likeness (QED) is 0.713. The van der Waals surface area contributed by atoms with Crippen molar-refractivity contribution >= 4 is 11.6 Å². The van der Waals surface area contributed by atoms with Gasteiger partial charge in [0.2, 0.25) is 0 Å². The van der Waals surface area contributed by atoms with Crippen LogP contribution in [0, 0.1) is 34.5 Å². The molecule has 2 heteroatoms. The van der Waals surface area contributed by atoms with Crippen LogP contribution in [0.25, 0.3) is 0 Å². The molecule has 0 aromatic rings. The van der Waals surface area contributed by atoms with Crippen molar-refractivity contribution in [3.63, 3.8) is 0 Å². The first-order valence-electron chi connectivity index (χ1n) is 11.7. The zero-order valence-electron chi connectivity index (χ0n) is 19.8. The molecular formula is C21H28O2. The van der Waals surface area contributed by atoms with E-state index in [2.05, 4.69) is 6.08 Å². The zero-order chi connectivity index (χ0) is 21.6. The minimum atomic E-state index is -2.78. The number of Topliss-reactive ketones (excluding diaryl/α,β-unsaturated/α-hetero) is 1. The van der Waals surface area contributed by atoms with E-state index < -0.39 is 41.5 Å². The molecule has 4 rings (SSSR count). The van der Waals surface area contributed by atoms with E-state index in [0.29, 0.717) is 19.3 Å². The minimum absolute atomic E-state index is 0.00294. The van der Waals surface area contributed by atoms with Gasteiger partial charge in [-0.05, 0) is 79.2 Å². The van der Waals surface area contributed by atoms with Crippen LogP contribution in [0.2, 0.25) is 0 Å². The standard InChI is InChI=1S/C21H28O2/c1-13(22)17-6-7-18-16-5-4-14-12-15(23)8-10-20(14,2)19(16)9-11-21(17,18)3/h4-5,12,16-19H,6-11H2,1-3H3/t16-,17+,18-,19+,20+,21+/m0/s1/i1D3,8D2,17D. The lowest BCUT2D eigenvalue weighted by Crippen LogP contribution is -2.49. The van der Waals surface area contributed by atoms with E-state index in [9.17, 15) is 9.59 Å². The van der Waals surface area contributed by atoms with Gasteiger partial charge in [-0.15, -0.1) is 0 Å². The summed E-state index contributed by atoms with van der Waals surface area (Å²) in [4.78, 5) is 24.9. The summed E-state index contributed by atoms with van der Waals surface area (Å²) in [6, 6.07) is 0. The van der Waals surface area contributed by atoms with Crippen molar-refractivity contribution in [2.24, 2.45) is 34.5 Å². The maximum Gasteiger partial charge on any atom is 0.156 e. The number of rotatable bonds is 1. The largest absolute Gasteiger partial charge is 0.300 e. The third-order valence-electron chi connectivity index (χ3n) is 7.28. The smallest absolute Gasteiger partial charge is 0.156 e. The van der Waals surface area contributed by atoms with Gasteiger partial charge in [0.25, 0.3) is 0 Å². The SMILES string of the molecule is [2H]C([2H])([2H])C(=O)[C@@]1([2H])CC[C@H]2[C@@H]3C=CC4=CC(=O)C([2H])([2H])C[C@@]4(C)[C@@H]3CC[C@@]21C. The van der Waals surface area contributed by atoms with Crippen LogP contribution in [-0.2, 0) is 9.59 Å². The summed E-state index contributed by atoms with van der Waals surface area (Å²) in [5.74, 6) is -2.87. The molecule has 2 saturated carbocycles. The Hall–Kier alpha value is -1.18. The van der Waals surface area contributed by atoms with Gasteiger partial charge >= 0.3 is 0 Å². The highest BCUT2D eigenvalue weighted by molar-refractivity contribution is 5.92. The molecule has 2 nitrogen and oxygen atoms in total. The first kappa shape index (κ1) is 9.96. The molecule has 0 N–H and O–H groups in total. The Morgan fingerprint density at radius 3 is 2.91 bits per heavy atom. The van der Waals surface area contributed by atoms with Crippen LogP contribution in [-0.4, -0.2) is 11.6 Å². The molecule has 0 bridgehead atoms. The fourth-order valence-corrected chi connectivity index (χ4v) is 5.92. The molecule has 0 amide bonds. The van der Waals surface area contributed by atoms with Crippen molar-refractivity contribution in [3.8, 4) is 0 Å². The van der Waals surface area contributed by atoms with Gasteiger partial charge < -0.3 is 0 Å². The number of hydrogen-bond donors (Lipinski definition) is 0. The fraction of sp³-hybridized carbons (Fsp3) is 0.714. The predicted molar refractivity (Wildman–Crippen MR) is 90.8 cm³/mol. The van der Waals surface area contributed by atoms with Crippen LogP contribution in [0.4, 0.5) is 0 Å². The Morgan fingerprint density at radius 2 is 2.13 bits per heavy atom. The molecule has 0 spiro atoms. The van der Waals surface area contributed by atoms with Crippen LogP contribution >= 0.6 is 0 Å². The van der Waals surface area contributed by atoms with E-state index in [1.807, 2.05) is 19.9 Å². The van der Waals surface area contributed by atoms with Crippen LogP contribution < -0.4 is 0 Å². The number of ketones is 2. The van der Waals surface area contributed by atoms with E-state index >= 15 is 0 Å². The van der Waals surface area contributed by atoms with Gasteiger partial charge in [0.15, 0.2) is 5.78 Å². The highest BCUT2D eigenvalue weighted by Gasteiger charge is 2.58. The van der Waals surface area contributed by atoms with Gasteiger partial charge in [0, 0.05) is 20.5 Å². The number of allylic oxidation sites excluding steroid dienone is 4. The fourth-order valence-electron chi connectivity index (χ4n) is 5.92. The lowest BCUT2D eigenvalue weighted by atomic mass is 9.48. The summed E-state index contributed by atoms with van der Waals surface area (Å²) in [5, 5.41) is 0. The molecule has 0 saturated heterocycles. The molecular weight excluding hydrogens is 284 g/mol. The number of fused-ring (bicyclic) bond motifs is 5. The molecule has 0 heterocycles. The van der Waals surface area contributed by atoms with Crippen LogP contribution in [0.1, 0.15) is 67.4 Å². The number of carbonyl (C=O) groups excluding carboxylic acids is 2. The van der Waals surface area contributed by atoms with E-state index in [4.69, 9.17) is 8.22 Å². The second-order valence-electron chi connectivity index (χ2n) is 8.19. The second kappa shape index (κ2) is 4.91. The molecule has 4 aliphatic carbocycles. The Kier molecular flexibility index (Phi) is 2.13. The molecule has 0 aliphatic heterocycles. The monoisotopic (exact) mass is 318 g/mol. The van der Waals surface area contributed by atoms with Gasteiger partial charge in [0.05, 0.1) is 0 Å². The average Bonchev–Trinajstić information content (AvgIpc) is 2.87. The molecule has 0 aromatic carbocycles. The summed E-state index contributed by atoms with van der Waals surface area (Å²) < 4.78 is 48.0. The lowest BCUT2D eigenvalue weighted by molar-refractivity contribution is -0.127. The topological polar surface area (TPSA) is 34.1 Å². The highest BCUT2D eigenvalue weighted by atomic mass is 16.1. The summed E-state index contributed by atoms with van der Waals surface area (Å²) in [5.41, 5.74) is -0.318. The van der Waals surface area contributed by atoms with E-state index in [-0.39, 0.29) is 30.6 Å². The minimum Gasteiger partial charge on any atom is -0.300 e. The van der Waals surface area contributed by atoms with Crippen molar-refractivity contribution in [2.45, 2.75) is 59.2 Å². The Balaban J connectivity index is 1.74. The molecule has 4 aliphatic rings. The third kappa shape index (κ3) is 1.99. The van der Waals surface area contributed by atoms with Crippen LogP contribution in [0.15, 0.2) is 23.8 Å². The molecule has 0 radical (unpaired) electrons. The number of carbonyl (C=O) groups is 2. The summed E-state index contributed by atoms with van der Waals surface area (Å²) in [6.07, 6.45) is 5.82. The maximum absolute atomic E-state index is 12.8. The van der Waals surface area contributed by atoms with Crippen molar-refractivity contribution in [3.05, 3.63) is 23.8 Å². The van der Waals surface area contributed by atoms with Gasteiger partial charge in [-0.3, -0.25) is 9.59 Å². The Bertz CT molecular complexity index is 843. The van der Waals surface area contributed by atoms with E-state index in [1.165, 1.54) is 6.08 Å². The molecule has 2 fully saturated rings. The van der Waals surface area contributed by atoms with Crippen molar-refractivity contribution < 1.29 is 17.8 Å². The first-order chi connectivity index (χ1) is 13.2.